The van der Waals surface area contributed by atoms with Crippen molar-refractivity contribution in [2.45, 2.75) is 57.1 Å². The van der Waals surface area contributed by atoms with Crippen LogP contribution in [0.3, 0.4) is 0 Å². The zero-order chi connectivity index (χ0) is 30.0. The lowest BCUT2D eigenvalue weighted by atomic mass is 10.1. The van der Waals surface area contributed by atoms with E-state index in [0.717, 1.165) is 16.3 Å². The van der Waals surface area contributed by atoms with E-state index in [-0.39, 0.29) is 29.1 Å². The van der Waals surface area contributed by atoms with Crippen LogP contribution in [0.15, 0.2) is 83.8 Å². The number of carbonyl (C=O) groups is 2. The Balaban J connectivity index is 2.09. The molecule has 220 valence electrons. The van der Waals surface area contributed by atoms with E-state index in [1.54, 1.807) is 30.3 Å². The number of hydrogen-bond acceptors (Lipinski definition) is 6. The second-order valence-electron chi connectivity index (χ2n) is 9.61. The van der Waals surface area contributed by atoms with Crippen LogP contribution >= 0.6 is 0 Å². The molecule has 41 heavy (non-hydrogen) atoms. The van der Waals surface area contributed by atoms with Gasteiger partial charge in [0, 0.05) is 18.7 Å². The van der Waals surface area contributed by atoms with Crippen LogP contribution in [-0.4, -0.2) is 58.0 Å². The normalized spacial score (nSPS) is 12.6. The molecule has 0 aliphatic carbocycles. The Hall–Kier alpha value is -4.05. The summed E-state index contributed by atoms with van der Waals surface area (Å²) in [6, 6.07) is 21.0. The van der Waals surface area contributed by atoms with E-state index in [9.17, 15) is 18.0 Å². The lowest BCUT2D eigenvalue weighted by Crippen LogP contribution is -2.53. The third-order valence-corrected chi connectivity index (χ3v) is 8.64. The smallest absolute Gasteiger partial charge is 0.264 e. The molecule has 1 N–H and O–H groups in total. The minimum absolute atomic E-state index is 0.0266. The second-order valence-corrected chi connectivity index (χ2v) is 11.5. The first-order valence-corrected chi connectivity index (χ1v) is 15.0. The van der Waals surface area contributed by atoms with Crippen molar-refractivity contribution < 1.29 is 27.5 Å². The summed E-state index contributed by atoms with van der Waals surface area (Å²) in [5, 5.41) is 2.98. The molecule has 0 saturated heterocycles. The van der Waals surface area contributed by atoms with E-state index < -0.39 is 28.5 Å². The topological polar surface area (TPSA) is 105 Å². The Labute approximate surface area is 243 Å². The number of amides is 2. The Kier molecular flexibility index (Phi) is 11.2. The number of nitrogens with one attached hydrogen (secondary N) is 1. The van der Waals surface area contributed by atoms with Gasteiger partial charge in [0.2, 0.25) is 11.8 Å². The number of hydrogen-bond donors (Lipinski definition) is 1. The first-order valence-electron chi connectivity index (χ1n) is 13.6. The fraction of sp³-hybridized carbons (Fsp3) is 0.355. The van der Waals surface area contributed by atoms with Gasteiger partial charge in [-0.25, -0.2) is 8.42 Å². The van der Waals surface area contributed by atoms with Gasteiger partial charge in [-0.3, -0.25) is 13.9 Å². The Morgan fingerprint density at radius 1 is 0.854 bits per heavy atom. The van der Waals surface area contributed by atoms with E-state index in [1.807, 2.05) is 51.1 Å². The molecule has 2 atom stereocenters. The van der Waals surface area contributed by atoms with Crippen molar-refractivity contribution in [1.29, 1.82) is 0 Å². The SMILES string of the molecule is CC[C@H](C)NC(=O)[C@H](CC)N(Cc1ccccc1)C(=O)CN(c1ccc(OC)c(OC)c1)S(=O)(=O)c1ccccc1. The molecular formula is C31H39N3O6S. The molecule has 0 aliphatic heterocycles. The molecule has 0 bridgehead atoms. The Morgan fingerprint density at radius 2 is 1.46 bits per heavy atom. The minimum atomic E-state index is -4.19. The van der Waals surface area contributed by atoms with Gasteiger partial charge in [0.1, 0.15) is 12.6 Å². The molecule has 10 heteroatoms. The summed E-state index contributed by atoms with van der Waals surface area (Å²) in [6.07, 6.45) is 1.08. The molecule has 0 aliphatic rings. The van der Waals surface area contributed by atoms with Gasteiger partial charge in [0.05, 0.1) is 24.8 Å². The summed E-state index contributed by atoms with van der Waals surface area (Å²) < 4.78 is 39.7. The van der Waals surface area contributed by atoms with E-state index in [4.69, 9.17) is 9.47 Å². The summed E-state index contributed by atoms with van der Waals surface area (Å²) in [4.78, 5) is 29.0. The number of methoxy groups -OCH3 is 2. The fourth-order valence-electron chi connectivity index (χ4n) is 4.37. The van der Waals surface area contributed by atoms with Crippen molar-refractivity contribution in [2.75, 3.05) is 25.1 Å². The van der Waals surface area contributed by atoms with Gasteiger partial charge >= 0.3 is 0 Å². The highest BCUT2D eigenvalue weighted by Gasteiger charge is 2.34. The molecule has 2 amide bonds. The highest BCUT2D eigenvalue weighted by atomic mass is 32.2. The highest BCUT2D eigenvalue weighted by Crippen LogP contribution is 2.34. The molecule has 3 rings (SSSR count). The largest absolute Gasteiger partial charge is 0.493 e. The summed E-state index contributed by atoms with van der Waals surface area (Å²) in [6.45, 7) is 5.30. The predicted molar refractivity (Wildman–Crippen MR) is 159 cm³/mol. The number of rotatable bonds is 14. The second kappa shape index (κ2) is 14.5. The molecule has 0 radical (unpaired) electrons. The van der Waals surface area contributed by atoms with Gasteiger partial charge in [-0.1, -0.05) is 62.4 Å². The predicted octanol–water partition coefficient (Wildman–Crippen LogP) is 4.62. The van der Waals surface area contributed by atoms with Crippen molar-refractivity contribution in [3.05, 3.63) is 84.4 Å². The van der Waals surface area contributed by atoms with Gasteiger partial charge < -0.3 is 19.7 Å². The van der Waals surface area contributed by atoms with Crippen molar-refractivity contribution in [3.8, 4) is 11.5 Å². The van der Waals surface area contributed by atoms with E-state index >= 15 is 0 Å². The van der Waals surface area contributed by atoms with Crippen LogP contribution in [0.5, 0.6) is 11.5 Å². The number of anilines is 1. The number of carbonyl (C=O) groups excluding carboxylic acids is 2. The van der Waals surface area contributed by atoms with Crippen LogP contribution in [0, 0.1) is 0 Å². The number of benzene rings is 3. The highest BCUT2D eigenvalue weighted by molar-refractivity contribution is 7.92. The van der Waals surface area contributed by atoms with Gasteiger partial charge in [-0.05, 0) is 49.6 Å². The molecule has 0 aromatic heterocycles. The summed E-state index contributed by atoms with van der Waals surface area (Å²) in [5.74, 6) is -0.0756. The lowest BCUT2D eigenvalue weighted by molar-refractivity contribution is -0.140. The molecule has 0 unspecified atom stereocenters. The minimum Gasteiger partial charge on any atom is -0.493 e. The molecule has 3 aromatic carbocycles. The Bertz CT molecular complexity index is 1400. The number of ether oxygens (including phenoxy) is 2. The van der Waals surface area contributed by atoms with E-state index in [2.05, 4.69) is 5.32 Å². The van der Waals surface area contributed by atoms with E-state index in [0.29, 0.717) is 17.9 Å². The van der Waals surface area contributed by atoms with Crippen molar-refractivity contribution in [1.82, 2.24) is 10.2 Å². The van der Waals surface area contributed by atoms with Crippen LogP contribution in [0.2, 0.25) is 0 Å². The van der Waals surface area contributed by atoms with Gasteiger partial charge in [0.15, 0.2) is 11.5 Å². The maximum Gasteiger partial charge on any atom is 0.264 e. The van der Waals surface area contributed by atoms with Gasteiger partial charge in [0.25, 0.3) is 10.0 Å². The summed E-state index contributed by atoms with van der Waals surface area (Å²) >= 11 is 0. The lowest BCUT2D eigenvalue weighted by Gasteiger charge is -2.33. The molecule has 9 nitrogen and oxygen atoms in total. The van der Waals surface area contributed by atoms with Crippen molar-refractivity contribution >= 4 is 27.5 Å². The quantitative estimate of drug-likeness (QED) is 0.298. The summed E-state index contributed by atoms with van der Waals surface area (Å²) in [7, 11) is -1.25. The van der Waals surface area contributed by atoms with E-state index in [1.165, 1.54) is 37.3 Å². The van der Waals surface area contributed by atoms with Crippen molar-refractivity contribution in [2.24, 2.45) is 0 Å². The maximum absolute atomic E-state index is 14.1. The van der Waals surface area contributed by atoms with Crippen LogP contribution in [0.1, 0.15) is 39.2 Å². The van der Waals surface area contributed by atoms with Crippen LogP contribution in [0.4, 0.5) is 5.69 Å². The number of sulfonamides is 1. The average molecular weight is 582 g/mol. The first kappa shape index (κ1) is 31.5. The molecular weight excluding hydrogens is 542 g/mol. The number of nitrogens with zero attached hydrogens (tertiary/aromatic N) is 2. The Morgan fingerprint density at radius 3 is 2.02 bits per heavy atom. The van der Waals surface area contributed by atoms with Crippen LogP contribution in [-0.2, 0) is 26.2 Å². The average Bonchev–Trinajstić information content (AvgIpc) is 3.00. The van der Waals surface area contributed by atoms with Gasteiger partial charge in [-0.15, -0.1) is 0 Å². The third kappa shape index (κ3) is 7.79. The fourth-order valence-corrected chi connectivity index (χ4v) is 5.80. The molecule has 0 fully saturated rings. The zero-order valence-corrected chi connectivity index (χ0v) is 25.1. The zero-order valence-electron chi connectivity index (χ0n) is 24.2. The molecule has 0 spiro atoms. The first-order chi connectivity index (χ1) is 19.7. The van der Waals surface area contributed by atoms with Crippen molar-refractivity contribution in [3.63, 3.8) is 0 Å². The van der Waals surface area contributed by atoms with Crippen LogP contribution < -0.4 is 19.1 Å². The molecule has 0 heterocycles. The van der Waals surface area contributed by atoms with Crippen LogP contribution in [0.25, 0.3) is 0 Å². The monoisotopic (exact) mass is 581 g/mol. The standard InChI is InChI=1S/C31H39N3O6S/c1-6-23(3)32-31(36)27(7-2)33(21-24-14-10-8-11-15-24)30(35)22-34(41(37,38)26-16-12-9-13-17-26)25-18-19-28(39-4)29(20-25)40-5/h8-20,23,27H,6-7,21-22H2,1-5H3,(H,32,36)/t23-,27-/m0/s1. The molecule has 3 aromatic rings. The third-order valence-electron chi connectivity index (χ3n) is 6.85. The van der Waals surface area contributed by atoms with Gasteiger partial charge in [-0.2, -0.15) is 0 Å². The summed E-state index contributed by atoms with van der Waals surface area (Å²) in [5.41, 5.74) is 1.04. The molecule has 0 saturated carbocycles. The maximum atomic E-state index is 14.1.